The fraction of sp³-hybridized carbons (Fsp3) is 0.250. The molecular formula is C28H24Cl3F2N3O4S. The fourth-order valence-electron chi connectivity index (χ4n) is 4.05. The second-order valence-electron chi connectivity index (χ2n) is 10.1. The van der Waals surface area contributed by atoms with E-state index >= 15 is 0 Å². The first-order valence-corrected chi connectivity index (χ1v) is 14.7. The Kier molecular flexibility index (Phi) is 8.27. The molecule has 41 heavy (non-hydrogen) atoms. The standard InChI is InChI=1S/C28H24Cl3F2N3O4S/c1-6-28(32,33)20-12-15(2)17-13-19(36(25(17)35-20)41(38,39)16-10-8-7-9-11-16)23(30)21-22(29)18(14-34-24(21)31)26(37)40-27(3,4)5/h6-14,23H,1H2,2-5H3. The number of carbonyl (C=O) groups is 1. The van der Waals surface area contributed by atoms with Gasteiger partial charge in [-0.2, -0.15) is 8.78 Å². The number of esters is 1. The van der Waals surface area contributed by atoms with Gasteiger partial charge in [-0.1, -0.05) is 48.0 Å². The minimum absolute atomic E-state index is 0.0834. The number of nitrogens with zero attached hydrogens (tertiary/aromatic N) is 3. The lowest BCUT2D eigenvalue weighted by molar-refractivity contribution is 0.00689. The van der Waals surface area contributed by atoms with E-state index in [1.807, 2.05) is 0 Å². The number of fused-ring (bicyclic) bond motifs is 1. The molecule has 0 N–H and O–H groups in total. The Morgan fingerprint density at radius 1 is 1.15 bits per heavy atom. The van der Waals surface area contributed by atoms with E-state index in [0.29, 0.717) is 11.6 Å². The Labute approximate surface area is 250 Å². The number of rotatable bonds is 7. The number of aromatic nitrogens is 3. The Balaban J connectivity index is 2.05. The molecule has 13 heteroatoms. The van der Waals surface area contributed by atoms with Gasteiger partial charge in [0.15, 0.2) is 5.65 Å². The first-order chi connectivity index (χ1) is 19.0. The molecule has 3 aromatic heterocycles. The highest BCUT2D eigenvalue weighted by Gasteiger charge is 2.35. The number of aryl methyl sites for hydroxylation is 1. The molecule has 4 aromatic rings. The Morgan fingerprint density at radius 2 is 1.78 bits per heavy atom. The highest BCUT2D eigenvalue weighted by molar-refractivity contribution is 7.90. The van der Waals surface area contributed by atoms with Crippen molar-refractivity contribution in [3.8, 4) is 0 Å². The summed E-state index contributed by atoms with van der Waals surface area (Å²) in [6.45, 7) is 9.69. The van der Waals surface area contributed by atoms with Crippen molar-refractivity contribution in [1.82, 2.24) is 13.9 Å². The Hall–Kier alpha value is -3.05. The predicted molar refractivity (Wildman–Crippen MR) is 155 cm³/mol. The van der Waals surface area contributed by atoms with Crippen molar-refractivity contribution in [1.29, 1.82) is 0 Å². The largest absolute Gasteiger partial charge is 0.456 e. The first-order valence-electron chi connectivity index (χ1n) is 12.1. The summed E-state index contributed by atoms with van der Waals surface area (Å²) in [5, 5.41) is -1.62. The number of pyridine rings is 2. The van der Waals surface area contributed by atoms with Crippen LogP contribution in [0.2, 0.25) is 10.2 Å². The number of benzene rings is 1. The maximum atomic E-state index is 14.7. The van der Waals surface area contributed by atoms with Gasteiger partial charge in [0, 0.05) is 17.1 Å². The zero-order chi connectivity index (χ0) is 30.5. The van der Waals surface area contributed by atoms with Crippen molar-refractivity contribution < 1.29 is 26.7 Å². The smallest absolute Gasteiger partial charge is 0.341 e. The zero-order valence-electron chi connectivity index (χ0n) is 22.3. The second kappa shape index (κ2) is 11.0. The zero-order valence-corrected chi connectivity index (χ0v) is 25.3. The van der Waals surface area contributed by atoms with Crippen molar-refractivity contribution in [3.63, 3.8) is 0 Å². The van der Waals surface area contributed by atoms with Gasteiger partial charge >= 0.3 is 11.9 Å². The summed E-state index contributed by atoms with van der Waals surface area (Å²) in [4.78, 5) is 20.8. The summed E-state index contributed by atoms with van der Waals surface area (Å²) in [6.07, 6.45) is 1.54. The van der Waals surface area contributed by atoms with E-state index in [9.17, 15) is 22.0 Å². The van der Waals surface area contributed by atoms with Gasteiger partial charge < -0.3 is 4.74 Å². The third kappa shape index (κ3) is 5.83. The van der Waals surface area contributed by atoms with Gasteiger partial charge in [0.05, 0.1) is 21.2 Å². The summed E-state index contributed by atoms with van der Waals surface area (Å²) >= 11 is 19.9. The van der Waals surface area contributed by atoms with Crippen LogP contribution < -0.4 is 0 Å². The molecule has 0 saturated heterocycles. The highest BCUT2D eigenvalue weighted by Crippen LogP contribution is 2.43. The molecule has 7 nitrogen and oxygen atoms in total. The molecule has 4 rings (SSSR count). The molecule has 0 fully saturated rings. The van der Waals surface area contributed by atoms with Crippen molar-refractivity contribution in [2.24, 2.45) is 0 Å². The molecule has 1 unspecified atom stereocenters. The summed E-state index contributed by atoms with van der Waals surface area (Å²) in [7, 11) is -4.47. The molecule has 3 heterocycles. The monoisotopic (exact) mass is 641 g/mol. The third-order valence-corrected chi connectivity index (χ3v) is 8.86. The van der Waals surface area contributed by atoms with Gasteiger partial charge in [0.2, 0.25) is 0 Å². The Bertz CT molecular complexity index is 1790. The normalized spacial score (nSPS) is 13.3. The molecule has 0 amide bonds. The number of allylic oxidation sites excluding steroid dienone is 1. The van der Waals surface area contributed by atoms with E-state index < -0.39 is 38.6 Å². The highest BCUT2D eigenvalue weighted by atomic mass is 35.5. The number of carbonyl (C=O) groups excluding carboxylic acids is 1. The SMILES string of the molecule is C=CC(F)(F)c1cc(C)c2cc(C(Cl)c3c(Cl)ncc(C(=O)OC(C)(C)C)c3Cl)n(S(=O)(=O)c3ccccc3)c2n1. The van der Waals surface area contributed by atoms with Gasteiger partial charge in [-0.25, -0.2) is 27.2 Å². The fourth-order valence-corrected chi connectivity index (χ4v) is 6.73. The van der Waals surface area contributed by atoms with Crippen LogP contribution in [-0.4, -0.2) is 33.9 Å². The lowest BCUT2D eigenvalue weighted by Gasteiger charge is -2.21. The number of ether oxygens (including phenoxy) is 1. The minimum Gasteiger partial charge on any atom is -0.456 e. The Morgan fingerprint density at radius 3 is 2.37 bits per heavy atom. The molecule has 0 aliphatic carbocycles. The van der Waals surface area contributed by atoms with Crippen molar-refractivity contribution in [2.45, 2.75) is 49.5 Å². The van der Waals surface area contributed by atoms with Crippen LogP contribution in [0.3, 0.4) is 0 Å². The summed E-state index contributed by atoms with van der Waals surface area (Å²) < 4.78 is 63.5. The van der Waals surface area contributed by atoms with Crippen LogP contribution in [0.1, 0.15) is 59.0 Å². The van der Waals surface area contributed by atoms with Crippen LogP contribution in [0.4, 0.5) is 8.78 Å². The van der Waals surface area contributed by atoms with Crippen LogP contribution >= 0.6 is 34.8 Å². The lowest BCUT2D eigenvalue weighted by atomic mass is 10.1. The van der Waals surface area contributed by atoms with Crippen molar-refractivity contribution in [2.75, 3.05) is 0 Å². The molecule has 1 atom stereocenters. The quantitative estimate of drug-likeness (QED) is 0.0883. The van der Waals surface area contributed by atoms with E-state index in [4.69, 9.17) is 39.5 Å². The van der Waals surface area contributed by atoms with Gasteiger partial charge in [0.25, 0.3) is 10.0 Å². The van der Waals surface area contributed by atoms with Crippen LogP contribution in [0.25, 0.3) is 11.0 Å². The van der Waals surface area contributed by atoms with Gasteiger partial charge in [-0.3, -0.25) is 0 Å². The van der Waals surface area contributed by atoms with Crippen molar-refractivity contribution >= 4 is 61.8 Å². The van der Waals surface area contributed by atoms with E-state index in [-0.39, 0.29) is 42.9 Å². The molecular weight excluding hydrogens is 619 g/mol. The third-order valence-electron chi connectivity index (χ3n) is 5.98. The van der Waals surface area contributed by atoms with Crippen LogP contribution in [-0.2, 0) is 20.7 Å². The van der Waals surface area contributed by atoms with E-state index in [1.165, 1.54) is 37.3 Å². The average Bonchev–Trinajstić information content (AvgIpc) is 3.29. The topological polar surface area (TPSA) is 91.1 Å². The number of hydrogen-bond acceptors (Lipinski definition) is 6. The van der Waals surface area contributed by atoms with E-state index in [2.05, 4.69) is 16.5 Å². The molecule has 0 aliphatic heterocycles. The molecule has 0 aliphatic rings. The van der Waals surface area contributed by atoms with Gasteiger partial charge in [0.1, 0.15) is 21.8 Å². The predicted octanol–water partition coefficient (Wildman–Crippen LogP) is 7.84. The first kappa shape index (κ1) is 30.9. The summed E-state index contributed by atoms with van der Waals surface area (Å²) in [6, 6.07) is 9.86. The van der Waals surface area contributed by atoms with E-state index in [0.717, 1.165) is 16.2 Å². The van der Waals surface area contributed by atoms with Crippen LogP contribution in [0, 0.1) is 6.92 Å². The maximum absolute atomic E-state index is 14.7. The molecule has 0 saturated carbocycles. The molecule has 1 aromatic carbocycles. The summed E-state index contributed by atoms with van der Waals surface area (Å²) in [5.74, 6) is -4.35. The summed E-state index contributed by atoms with van der Waals surface area (Å²) in [5.41, 5.74) is -1.91. The van der Waals surface area contributed by atoms with Crippen LogP contribution in [0.5, 0.6) is 0 Å². The number of hydrogen-bond donors (Lipinski definition) is 0. The van der Waals surface area contributed by atoms with Crippen LogP contribution in [0.15, 0.2) is 66.2 Å². The molecule has 216 valence electrons. The molecule has 0 radical (unpaired) electrons. The van der Waals surface area contributed by atoms with Gasteiger partial charge in [-0.05, 0) is 63.6 Å². The molecule has 0 bridgehead atoms. The average molecular weight is 643 g/mol. The van der Waals surface area contributed by atoms with Crippen molar-refractivity contribution in [3.05, 3.63) is 99.6 Å². The number of alkyl halides is 3. The van der Waals surface area contributed by atoms with E-state index in [1.54, 1.807) is 26.8 Å². The van der Waals surface area contributed by atoms with Gasteiger partial charge in [-0.15, -0.1) is 11.6 Å². The second-order valence-corrected chi connectivity index (χ2v) is 13.1. The molecule has 0 spiro atoms. The number of halogens is 5. The maximum Gasteiger partial charge on any atom is 0.341 e. The minimum atomic E-state index is -4.47. The lowest BCUT2D eigenvalue weighted by Crippen LogP contribution is -2.24.